The molecule has 11 aromatic rings. The van der Waals surface area contributed by atoms with Crippen LogP contribution in [0.1, 0.15) is 40.0 Å². The molecule has 3 aromatic heterocycles. The minimum Gasteiger partial charge on any atom is -0.509 e. The maximum Gasteiger partial charge on any atom is 0.217 e. The average Bonchev–Trinajstić information content (AvgIpc) is 4.10. The maximum atomic E-state index is 9.15. The normalized spacial score (nSPS) is 14.6. The molecule has 4 heterocycles. The summed E-state index contributed by atoms with van der Waals surface area (Å²) in [7, 11) is 0. The van der Waals surface area contributed by atoms with Crippen LogP contribution in [-0.4, -0.2) is 22.4 Å². The number of para-hydroxylation sites is 3. The molecular formula is C58H40BN3O2Pt-2. The van der Waals surface area contributed by atoms with Gasteiger partial charge in [-0.25, -0.2) is 4.98 Å². The Balaban J connectivity index is 0.00000602. The number of furan rings is 1. The van der Waals surface area contributed by atoms with E-state index in [4.69, 9.17) is 27.8 Å². The summed E-state index contributed by atoms with van der Waals surface area (Å²) in [6, 6.07) is 39.7. The molecule has 0 fully saturated rings. The Morgan fingerprint density at radius 1 is 0.677 bits per heavy atom. The van der Waals surface area contributed by atoms with Gasteiger partial charge in [0.15, 0.2) is 0 Å². The summed E-state index contributed by atoms with van der Waals surface area (Å²) in [4.78, 5) is 4.82. The first-order valence-electron chi connectivity index (χ1n) is 25.9. The van der Waals surface area contributed by atoms with Crippen molar-refractivity contribution in [2.24, 2.45) is 0 Å². The summed E-state index contributed by atoms with van der Waals surface area (Å²) in [5, 5.41) is 3.69. The molecule has 0 aliphatic carbocycles. The van der Waals surface area contributed by atoms with Crippen molar-refractivity contribution in [2.75, 3.05) is 0 Å². The van der Waals surface area contributed by atoms with Gasteiger partial charge in [-0.1, -0.05) is 147 Å². The third-order valence-corrected chi connectivity index (χ3v) is 11.9. The van der Waals surface area contributed by atoms with Crippen LogP contribution in [-0.2, 0) is 26.5 Å². The quantitative estimate of drug-likeness (QED) is 0.0908. The Bertz CT molecular complexity index is 4120. The van der Waals surface area contributed by atoms with Gasteiger partial charge < -0.3 is 18.3 Å². The molecule has 0 radical (unpaired) electrons. The van der Waals surface area contributed by atoms with Gasteiger partial charge in [-0.3, -0.25) is 0 Å². The molecule has 314 valence electrons. The Hall–Kier alpha value is -7.27. The van der Waals surface area contributed by atoms with E-state index in [1.807, 2.05) is 85.1 Å². The maximum absolute atomic E-state index is 9.15. The third kappa shape index (κ3) is 6.92. The molecule has 0 atom stereocenters. The minimum atomic E-state index is -0.769. The monoisotopic (exact) mass is 1030 g/mol. The molecule has 1 aliphatic heterocycles. The molecule has 65 heavy (non-hydrogen) atoms. The van der Waals surface area contributed by atoms with Gasteiger partial charge in [0, 0.05) is 55.1 Å². The Morgan fingerprint density at radius 2 is 1.35 bits per heavy atom. The van der Waals surface area contributed by atoms with E-state index in [0.29, 0.717) is 39.3 Å². The Kier molecular flexibility index (Phi) is 7.60. The zero-order valence-electron chi connectivity index (χ0n) is 45.2. The van der Waals surface area contributed by atoms with Gasteiger partial charge in [-0.05, 0) is 74.4 Å². The van der Waals surface area contributed by atoms with Gasteiger partial charge in [0.1, 0.15) is 28.4 Å². The fourth-order valence-corrected chi connectivity index (χ4v) is 8.89. The first-order valence-corrected chi connectivity index (χ1v) is 20.9. The Labute approximate surface area is 406 Å². The van der Waals surface area contributed by atoms with E-state index in [0.717, 1.165) is 44.0 Å². The molecule has 0 N–H and O–H groups in total. The topological polar surface area (TPSA) is 43.2 Å². The molecule has 0 saturated carbocycles. The molecule has 0 bridgehead atoms. The fourth-order valence-electron chi connectivity index (χ4n) is 8.89. The van der Waals surface area contributed by atoms with E-state index < -0.39 is 67.1 Å². The van der Waals surface area contributed by atoms with Crippen molar-refractivity contribution < 1.29 is 43.9 Å². The van der Waals surface area contributed by atoms with Crippen molar-refractivity contribution in [2.45, 2.75) is 26.2 Å². The number of nitrogens with zero attached hydrogens (tertiary/aromatic N) is 3. The van der Waals surface area contributed by atoms with Crippen LogP contribution in [0.25, 0.3) is 71.8 Å². The second-order valence-electron chi connectivity index (χ2n) is 16.7. The van der Waals surface area contributed by atoms with E-state index >= 15 is 0 Å². The molecule has 1 aliphatic rings. The molecule has 5 nitrogen and oxygen atoms in total. The fraction of sp³-hybridized carbons (Fsp3) is 0.0690. The zero-order chi connectivity index (χ0) is 51.6. The van der Waals surface area contributed by atoms with Crippen LogP contribution >= 0.6 is 0 Å². The van der Waals surface area contributed by atoms with Crippen molar-refractivity contribution in [3.8, 4) is 39.6 Å². The van der Waals surface area contributed by atoms with E-state index in [1.54, 1.807) is 28.8 Å². The van der Waals surface area contributed by atoms with Gasteiger partial charge in [-0.2, -0.15) is 23.7 Å². The molecule has 7 heteroatoms. The van der Waals surface area contributed by atoms with Crippen molar-refractivity contribution in [1.29, 1.82) is 0 Å². The molecule has 0 spiro atoms. The summed E-state index contributed by atoms with van der Waals surface area (Å²) < 4.78 is 105. The van der Waals surface area contributed by atoms with Crippen LogP contribution in [0, 0.1) is 12.1 Å². The summed E-state index contributed by atoms with van der Waals surface area (Å²) in [5.74, 6) is 1.55. The van der Waals surface area contributed by atoms with E-state index in [-0.39, 0.29) is 54.4 Å². The predicted molar refractivity (Wildman–Crippen MR) is 264 cm³/mol. The first kappa shape index (κ1) is 30.8. The second kappa shape index (κ2) is 16.1. The van der Waals surface area contributed by atoms with Crippen LogP contribution in [0.3, 0.4) is 0 Å². The van der Waals surface area contributed by atoms with Crippen molar-refractivity contribution in [3.05, 3.63) is 206 Å². The number of hydrogen-bond donors (Lipinski definition) is 0. The van der Waals surface area contributed by atoms with E-state index in [9.17, 15) is 0 Å². The zero-order valence-corrected chi connectivity index (χ0v) is 37.4. The number of fused-ring (bicyclic) bond motifs is 8. The predicted octanol–water partition coefficient (Wildman–Crippen LogP) is 13.0. The van der Waals surface area contributed by atoms with Crippen LogP contribution in [0.2, 0.25) is 0 Å². The standard InChI is InChI=1S/C58H40BN3O2.Pt/c1-58(2,3)40-32-33-60-54(34-40)62-50-26-12-10-22-46(50)47-29-28-43(36-52(47)62)63-42-21-14-20-41(35-42)59-37-61(51-31-30-49-48-23-11-13-27-53(48)64-57(49)55(51)59)56-44(38-16-6-4-7-17-38)24-15-25-45(56)39-18-8-5-9-19-39;/h4-34H,1-3H3;/q-2;/i4D,5D,6D,7D,8D,9D,16D,17D,18D,19D;. The number of pyridine rings is 1. The summed E-state index contributed by atoms with van der Waals surface area (Å²) in [5.41, 5.74) is 5.85. The van der Waals surface area contributed by atoms with Gasteiger partial charge in [0.05, 0.1) is 19.8 Å². The van der Waals surface area contributed by atoms with Crippen molar-refractivity contribution in [1.82, 2.24) is 14.1 Å². The molecule has 8 aromatic carbocycles. The molecule has 0 amide bonds. The van der Waals surface area contributed by atoms with Crippen molar-refractivity contribution in [3.63, 3.8) is 0 Å². The number of benzene rings is 8. The van der Waals surface area contributed by atoms with Crippen LogP contribution in [0.4, 0.5) is 11.4 Å². The molecule has 0 saturated heterocycles. The molecular weight excluding hydrogens is 977 g/mol. The summed E-state index contributed by atoms with van der Waals surface area (Å²) in [6.45, 7) is 5.74. The van der Waals surface area contributed by atoms with Crippen molar-refractivity contribution >= 4 is 78.9 Å². The summed E-state index contributed by atoms with van der Waals surface area (Å²) >= 11 is 0. The number of ether oxygens (including phenoxy) is 1. The average molecular weight is 1030 g/mol. The third-order valence-electron chi connectivity index (χ3n) is 11.9. The van der Waals surface area contributed by atoms with E-state index in [2.05, 4.69) is 61.8 Å². The van der Waals surface area contributed by atoms with Gasteiger partial charge in [-0.15, -0.1) is 29.7 Å². The second-order valence-corrected chi connectivity index (χ2v) is 16.7. The number of rotatable bonds is 7. The van der Waals surface area contributed by atoms with Crippen LogP contribution < -0.4 is 20.2 Å². The first-order chi connectivity index (χ1) is 35.5. The van der Waals surface area contributed by atoms with Gasteiger partial charge in [0.2, 0.25) is 6.71 Å². The number of aromatic nitrogens is 2. The molecule has 12 rings (SSSR count). The largest absolute Gasteiger partial charge is 0.509 e. The Morgan fingerprint density at radius 3 is 2.11 bits per heavy atom. The van der Waals surface area contributed by atoms with Crippen LogP contribution in [0.5, 0.6) is 11.5 Å². The summed E-state index contributed by atoms with van der Waals surface area (Å²) in [6.07, 6.45) is 5.47. The number of hydrogen-bond acceptors (Lipinski definition) is 3. The molecule has 0 unspecified atom stereocenters. The van der Waals surface area contributed by atoms with Crippen LogP contribution in [0.15, 0.2) is 192 Å². The van der Waals surface area contributed by atoms with Gasteiger partial charge in [0.25, 0.3) is 0 Å². The minimum absolute atomic E-state index is 0. The van der Waals surface area contributed by atoms with E-state index in [1.165, 1.54) is 0 Å². The van der Waals surface area contributed by atoms with Gasteiger partial charge >= 0.3 is 0 Å². The SMILES string of the molecule is [2H]c1c([2H])c([2H])c(-c2cccc(-c3c([2H])c([2H])c([2H])c([2H])c3[2H])c2[N+]2=[C-]B(c3[c-]c(Oc4[c-]c5c(cc4)c4ccccc4n5-c4cc(C(C)(C)C)ccn4)ccc3)c3c2ccc2c3oc3ccccc32)c([2H])c1[2H].[Pt]. The smallest absolute Gasteiger partial charge is 0.217 e.